The second kappa shape index (κ2) is 5.40. The van der Waals surface area contributed by atoms with Gasteiger partial charge in [-0.05, 0) is 24.5 Å². The summed E-state index contributed by atoms with van der Waals surface area (Å²) in [5.41, 5.74) is 6.17. The van der Waals surface area contributed by atoms with E-state index in [9.17, 15) is 9.18 Å². The molecule has 5 heteroatoms. The van der Waals surface area contributed by atoms with Crippen molar-refractivity contribution in [1.82, 2.24) is 5.32 Å². The van der Waals surface area contributed by atoms with Gasteiger partial charge in [0.2, 0.25) is 5.91 Å². The van der Waals surface area contributed by atoms with Crippen LogP contribution < -0.4 is 11.1 Å². The molecule has 0 aromatic heterocycles. The van der Waals surface area contributed by atoms with Crippen molar-refractivity contribution in [1.29, 1.82) is 0 Å². The zero-order valence-corrected chi connectivity index (χ0v) is 10.2. The number of amides is 1. The largest absolute Gasteiger partial charge is 0.396 e. The maximum absolute atomic E-state index is 13.5. The standard InChI is InChI=1S/C12H15FN2OS/c13-12-8(2-1-3-10(12)14)6-17-7-11(16)15-9-4-5-9/h1-3,9H,4-7,14H2,(H,15,16). The summed E-state index contributed by atoms with van der Waals surface area (Å²) in [6.07, 6.45) is 2.17. The average Bonchev–Trinajstić information content (AvgIpc) is 3.08. The maximum atomic E-state index is 13.5. The van der Waals surface area contributed by atoms with Gasteiger partial charge in [-0.25, -0.2) is 4.39 Å². The molecule has 0 radical (unpaired) electrons. The number of carbonyl (C=O) groups is 1. The minimum Gasteiger partial charge on any atom is -0.396 e. The molecule has 0 aliphatic heterocycles. The molecule has 0 heterocycles. The summed E-state index contributed by atoms with van der Waals surface area (Å²) in [5.74, 6) is 0.490. The number of thioether (sulfide) groups is 1. The van der Waals surface area contributed by atoms with Crippen molar-refractivity contribution < 1.29 is 9.18 Å². The molecule has 1 aliphatic rings. The van der Waals surface area contributed by atoms with E-state index >= 15 is 0 Å². The highest BCUT2D eigenvalue weighted by atomic mass is 32.2. The molecule has 1 fully saturated rings. The van der Waals surface area contributed by atoms with E-state index in [0.29, 0.717) is 23.1 Å². The van der Waals surface area contributed by atoms with Crippen molar-refractivity contribution in [3.63, 3.8) is 0 Å². The molecule has 3 nitrogen and oxygen atoms in total. The SMILES string of the molecule is Nc1cccc(CSCC(=O)NC2CC2)c1F. The van der Waals surface area contributed by atoms with Crippen molar-refractivity contribution in [2.45, 2.75) is 24.6 Å². The highest BCUT2D eigenvalue weighted by Crippen LogP contribution is 2.21. The van der Waals surface area contributed by atoms with Gasteiger partial charge in [0.25, 0.3) is 0 Å². The third-order valence-corrected chi connectivity index (χ3v) is 3.52. The summed E-state index contributed by atoms with van der Waals surface area (Å²) in [7, 11) is 0. The van der Waals surface area contributed by atoms with Gasteiger partial charge in [-0.1, -0.05) is 12.1 Å². The minimum atomic E-state index is -0.373. The molecule has 1 aromatic carbocycles. The van der Waals surface area contributed by atoms with Gasteiger partial charge in [-0.2, -0.15) is 0 Å². The molecule has 2 rings (SSSR count). The summed E-state index contributed by atoms with van der Waals surface area (Å²) in [5, 5.41) is 2.89. The first-order valence-electron chi connectivity index (χ1n) is 5.57. The molecular formula is C12H15FN2OS. The van der Waals surface area contributed by atoms with Crippen molar-refractivity contribution in [2.24, 2.45) is 0 Å². The summed E-state index contributed by atoms with van der Waals surface area (Å²) < 4.78 is 13.5. The number of anilines is 1. The average molecular weight is 254 g/mol. The van der Waals surface area contributed by atoms with E-state index in [1.54, 1.807) is 12.1 Å². The van der Waals surface area contributed by atoms with E-state index in [-0.39, 0.29) is 17.4 Å². The summed E-state index contributed by atoms with van der Waals surface area (Å²) in [6, 6.07) is 5.33. The van der Waals surface area contributed by atoms with Crippen LogP contribution in [0.4, 0.5) is 10.1 Å². The Kier molecular flexibility index (Phi) is 3.89. The lowest BCUT2D eigenvalue weighted by Gasteiger charge is -2.05. The molecule has 0 spiro atoms. The molecular weight excluding hydrogens is 239 g/mol. The molecule has 17 heavy (non-hydrogen) atoms. The molecule has 3 N–H and O–H groups in total. The van der Waals surface area contributed by atoms with Crippen molar-refractivity contribution in [2.75, 3.05) is 11.5 Å². The second-order valence-corrected chi connectivity index (χ2v) is 5.14. The van der Waals surface area contributed by atoms with E-state index in [1.165, 1.54) is 17.8 Å². The zero-order chi connectivity index (χ0) is 12.3. The molecule has 0 unspecified atom stereocenters. The van der Waals surface area contributed by atoms with E-state index in [4.69, 9.17) is 5.73 Å². The number of nitrogens with one attached hydrogen (secondary N) is 1. The number of hydrogen-bond donors (Lipinski definition) is 2. The number of nitrogen functional groups attached to an aromatic ring is 1. The molecule has 1 saturated carbocycles. The van der Waals surface area contributed by atoms with Gasteiger partial charge in [-0.15, -0.1) is 11.8 Å². The number of nitrogens with two attached hydrogens (primary N) is 1. The minimum absolute atomic E-state index is 0.0295. The third kappa shape index (κ3) is 3.63. The fourth-order valence-electron chi connectivity index (χ4n) is 1.46. The predicted molar refractivity (Wildman–Crippen MR) is 68.1 cm³/mol. The number of halogens is 1. The zero-order valence-electron chi connectivity index (χ0n) is 9.41. The first-order chi connectivity index (χ1) is 8.16. The highest BCUT2D eigenvalue weighted by molar-refractivity contribution is 7.99. The van der Waals surface area contributed by atoms with Crippen LogP contribution in [0.15, 0.2) is 18.2 Å². The summed E-state index contributed by atoms with van der Waals surface area (Å²) in [4.78, 5) is 11.4. The van der Waals surface area contributed by atoms with Crippen LogP contribution in [-0.2, 0) is 10.5 Å². The van der Waals surface area contributed by atoms with Crippen LogP contribution in [0.1, 0.15) is 18.4 Å². The van der Waals surface area contributed by atoms with Crippen molar-refractivity contribution >= 4 is 23.4 Å². The summed E-state index contributed by atoms with van der Waals surface area (Å²) in [6.45, 7) is 0. The number of rotatable bonds is 5. The smallest absolute Gasteiger partial charge is 0.230 e. The quantitative estimate of drug-likeness (QED) is 0.789. The Morgan fingerprint density at radius 1 is 1.53 bits per heavy atom. The first-order valence-corrected chi connectivity index (χ1v) is 6.72. The number of carbonyl (C=O) groups excluding carboxylic acids is 1. The fraction of sp³-hybridized carbons (Fsp3) is 0.417. The number of benzene rings is 1. The molecule has 0 saturated heterocycles. The molecule has 1 aliphatic carbocycles. The monoisotopic (exact) mass is 254 g/mol. The van der Waals surface area contributed by atoms with Crippen LogP contribution in [0, 0.1) is 5.82 Å². The van der Waals surface area contributed by atoms with Gasteiger partial charge in [0.1, 0.15) is 5.82 Å². The van der Waals surface area contributed by atoms with Crippen LogP contribution in [0.3, 0.4) is 0 Å². The Bertz CT molecular complexity index is 421. The van der Waals surface area contributed by atoms with Gasteiger partial charge in [0.05, 0.1) is 11.4 Å². The Morgan fingerprint density at radius 2 is 2.29 bits per heavy atom. The fourth-order valence-corrected chi connectivity index (χ4v) is 2.28. The second-order valence-electron chi connectivity index (χ2n) is 4.15. The Balaban J connectivity index is 1.77. The van der Waals surface area contributed by atoms with Gasteiger partial charge >= 0.3 is 0 Å². The van der Waals surface area contributed by atoms with Crippen LogP contribution in [0.2, 0.25) is 0 Å². The summed E-state index contributed by atoms with van der Waals surface area (Å²) >= 11 is 1.40. The van der Waals surface area contributed by atoms with Crippen molar-refractivity contribution in [3.05, 3.63) is 29.6 Å². The normalized spacial score (nSPS) is 14.6. The molecule has 1 amide bonds. The Hall–Kier alpha value is -1.23. The topological polar surface area (TPSA) is 55.1 Å². The maximum Gasteiger partial charge on any atom is 0.230 e. The van der Waals surface area contributed by atoms with E-state index in [0.717, 1.165) is 12.8 Å². The predicted octanol–water partition coefficient (Wildman–Crippen LogP) is 1.92. The Labute approximate surface area is 104 Å². The van der Waals surface area contributed by atoms with E-state index < -0.39 is 0 Å². The number of hydrogen-bond acceptors (Lipinski definition) is 3. The molecule has 0 bridgehead atoms. The lowest BCUT2D eigenvalue weighted by atomic mass is 10.2. The van der Waals surface area contributed by atoms with E-state index in [2.05, 4.69) is 5.32 Å². The first kappa shape index (κ1) is 12.2. The lowest BCUT2D eigenvalue weighted by Crippen LogP contribution is -2.27. The molecule has 92 valence electrons. The van der Waals surface area contributed by atoms with Gasteiger partial charge in [-0.3, -0.25) is 4.79 Å². The third-order valence-electron chi connectivity index (χ3n) is 2.54. The lowest BCUT2D eigenvalue weighted by molar-refractivity contribution is -0.118. The van der Waals surface area contributed by atoms with Crippen LogP contribution >= 0.6 is 11.8 Å². The van der Waals surface area contributed by atoms with Gasteiger partial charge in [0.15, 0.2) is 0 Å². The highest BCUT2D eigenvalue weighted by Gasteiger charge is 2.22. The van der Waals surface area contributed by atoms with Gasteiger partial charge < -0.3 is 11.1 Å². The van der Waals surface area contributed by atoms with Crippen LogP contribution in [0.25, 0.3) is 0 Å². The molecule has 1 aromatic rings. The van der Waals surface area contributed by atoms with Crippen LogP contribution in [-0.4, -0.2) is 17.7 Å². The van der Waals surface area contributed by atoms with Crippen molar-refractivity contribution in [3.8, 4) is 0 Å². The van der Waals surface area contributed by atoms with E-state index in [1.807, 2.05) is 0 Å². The van der Waals surface area contributed by atoms with Gasteiger partial charge in [0, 0.05) is 11.8 Å². The molecule has 0 atom stereocenters. The Morgan fingerprint density at radius 3 is 3.00 bits per heavy atom. The van der Waals surface area contributed by atoms with Crippen LogP contribution in [0.5, 0.6) is 0 Å².